The van der Waals surface area contributed by atoms with E-state index in [-0.39, 0.29) is 6.04 Å². The maximum atomic E-state index is 10.8. The van der Waals surface area contributed by atoms with Crippen LogP contribution in [-0.2, 0) is 0 Å². The quantitative estimate of drug-likeness (QED) is 0.902. The van der Waals surface area contributed by atoms with Crippen LogP contribution in [0.15, 0.2) is 36.4 Å². The van der Waals surface area contributed by atoms with Gasteiger partial charge in [0.1, 0.15) is 24.2 Å². The third-order valence-electron chi connectivity index (χ3n) is 5.19. The molecule has 0 aromatic heterocycles. The summed E-state index contributed by atoms with van der Waals surface area (Å²) >= 11 is 6.15. The summed E-state index contributed by atoms with van der Waals surface area (Å²) in [7, 11) is 1.64. The Morgan fingerprint density at radius 3 is 2.72 bits per heavy atom. The van der Waals surface area contributed by atoms with E-state index in [0.717, 1.165) is 41.3 Å². The molecular weight excluding hydrogens is 338 g/mol. The fraction of sp³-hybridized carbons (Fsp3) is 0.400. The van der Waals surface area contributed by atoms with Crippen LogP contribution in [0.25, 0.3) is 11.1 Å². The second kappa shape index (κ2) is 6.87. The monoisotopic (exact) mass is 359 g/mol. The molecule has 1 N–H and O–H groups in total. The average Bonchev–Trinajstić information content (AvgIpc) is 3.16. The van der Waals surface area contributed by atoms with Crippen molar-refractivity contribution in [2.75, 3.05) is 26.8 Å². The lowest BCUT2D eigenvalue weighted by Crippen LogP contribution is -2.44. The maximum Gasteiger partial charge on any atom is 0.126 e. The molecule has 0 unspecified atom stereocenters. The molecule has 0 bridgehead atoms. The average molecular weight is 360 g/mol. The van der Waals surface area contributed by atoms with Crippen LogP contribution in [0.4, 0.5) is 0 Å². The number of ether oxygens (including phenoxy) is 2. The summed E-state index contributed by atoms with van der Waals surface area (Å²) in [6, 6.07) is 11.5. The van der Waals surface area contributed by atoms with E-state index in [0.29, 0.717) is 11.6 Å². The van der Waals surface area contributed by atoms with E-state index in [1.54, 1.807) is 7.11 Å². The van der Waals surface area contributed by atoms with E-state index in [4.69, 9.17) is 21.1 Å². The molecule has 2 aliphatic rings. The third-order valence-corrected chi connectivity index (χ3v) is 5.42. The van der Waals surface area contributed by atoms with Gasteiger partial charge in [-0.1, -0.05) is 23.7 Å². The number of nitrogens with zero attached hydrogens (tertiary/aromatic N) is 1. The Kier molecular flexibility index (Phi) is 4.59. The molecule has 0 aliphatic carbocycles. The van der Waals surface area contributed by atoms with Gasteiger partial charge in [-0.15, -0.1) is 0 Å². The van der Waals surface area contributed by atoms with Gasteiger partial charge in [-0.3, -0.25) is 4.90 Å². The highest BCUT2D eigenvalue weighted by molar-refractivity contribution is 6.31. The van der Waals surface area contributed by atoms with Crippen LogP contribution in [0.3, 0.4) is 0 Å². The number of rotatable bonds is 3. The molecule has 0 spiro atoms. The molecule has 5 heteroatoms. The van der Waals surface area contributed by atoms with Gasteiger partial charge in [0.15, 0.2) is 0 Å². The molecule has 2 aliphatic heterocycles. The number of aliphatic hydroxyl groups is 1. The Labute approximate surface area is 152 Å². The molecule has 0 radical (unpaired) electrons. The molecule has 132 valence electrons. The van der Waals surface area contributed by atoms with Gasteiger partial charge in [0.2, 0.25) is 0 Å². The minimum absolute atomic E-state index is 0.0431. The summed E-state index contributed by atoms with van der Waals surface area (Å²) in [6.45, 7) is 2.60. The lowest BCUT2D eigenvalue weighted by molar-refractivity contribution is 0.0140. The van der Waals surface area contributed by atoms with Gasteiger partial charge in [-0.05, 0) is 55.8 Å². The highest BCUT2D eigenvalue weighted by Crippen LogP contribution is 2.40. The SMILES string of the molecule is COc1ccc(Cl)cc1-c1ccc2c(c1)OC[C@@H](N1CCCC1)[C@@H]2O. The molecule has 2 heterocycles. The van der Waals surface area contributed by atoms with Crippen molar-refractivity contribution >= 4 is 11.6 Å². The second-order valence-corrected chi connectivity index (χ2v) is 7.10. The fourth-order valence-electron chi connectivity index (χ4n) is 3.83. The standard InChI is InChI=1S/C20H22ClNO3/c1-24-18-7-5-14(21)11-16(18)13-4-6-15-19(10-13)25-12-17(20(15)23)22-8-2-3-9-22/h4-7,10-11,17,20,23H,2-3,8-9,12H2,1H3/t17-,20-/m1/s1. The van der Waals surface area contributed by atoms with E-state index in [1.807, 2.05) is 36.4 Å². The van der Waals surface area contributed by atoms with Gasteiger partial charge in [0.05, 0.1) is 13.2 Å². The minimum atomic E-state index is -0.517. The van der Waals surface area contributed by atoms with E-state index in [1.165, 1.54) is 12.8 Å². The Bertz CT molecular complexity index is 774. The number of methoxy groups -OCH3 is 1. The molecule has 2 aromatic rings. The van der Waals surface area contributed by atoms with Crippen molar-refractivity contribution in [3.05, 3.63) is 47.0 Å². The molecule has 25 heavy (non-hydrogen) atoms. The van der Waals surface area contributed by atoms with E-state index >= 15 is 0 Å². The first-order valence-corrected chi connectivity index (χ1v) is 9.08. The zero-order valence-corrected chi connectivity index (χ0v) is 15.0. The number of hydrogen-bond donors (Lipinski definition) is 1. The first-order valence-electron chi connectivity index (χ1n) is 8.70. The Hall–Kier alpha value is -1.75. The molecule has 2 atom stereocenters. The van der Waals surface area contributed by atoms with Gasteiger partial charge in [0, 0.05) is 16.1 Å². The van der Waals surface area contributed by atoms with Crippen LogP contribution < -0.4 is 9.47 Å². The number of hydrogen-bond acceptors (Lipinski definition) is 4. The van der Waals surface area contributed by atoms with Gasteiger partial charge < -0.3 is 14.6 Å². The van der Waals surface area contributed by atoms with Crippen molar-refractivity contribution < 1.29 is 14.6 Å². The van der Waals surface area contributed by atoms with Crippen LogP contribution in [0.2, 0.25) is 5.02 Å². The van der Waals surface area contributed by atoms with Crippen molar-refractivity contribution in [2.45, 2.75) is 25.0 Å². The Balaban J connectivity index is 1.67. The van der Waals surface area contributed by atoms with Crippen LogP contribution >= 0.6 is 11.6 Å². The highest BCUT2D eigenvalue weighted by Gasteiger charge is 2.35. The van der Waals surface area contributed by atoms with Crippen molar-refractivity contribution in [2.24, 2.45) is 0 Å². The summed E-state index contributed by atoms with van der Waals surface area (Å²) in [5, 5.41) is 11.5. The number of likely N-dealkylation sites (tertiary alicyclic amines) is 1. The van der Waals surface area contributed by atoms with Crippen molar-refractivity contribution in [3.63, 3.8) is 0 Å². The van der Waals surface area contributed by atoms with Gasteiger partial charge in [-0.25, -0.2) is 0 Å². The van der Waals surface area contributed by atoms with E-state index in [9.17, 15) is 5.11 Å². The Morgan fingerprint density at radius 2 is 1.96 bits per heavy atom. The fourth-order valence-corrected chi connectivity index (χ4v) is 4.00. The largest absolute Gasteiger partial charge is 0.496 e. The topological polar surface area (TPSA) is 41.9 Å². The molecule has 2 aromatic carbocycles. The van der Waals surface area contributed by atoms with Crippen molar-refractivity contribution in [1.29, 1.82) is 0 Å². The summed E-state index contributed by atoms with van der Waals surface area (Å²) in [5.74, 6) is 1.50. The summed E-state index contributed by atoms with van der Waals surface area (Å²) in [5.41, 5.74) is 2.73. The molecular formula is C20H22ClNO3. The van der Waals surface area contributed by atoms with Crippen LogP contribution in [0, 0.1) is 0 Å². The number of fused-ring (bicyclic) bond motifs is 1. The minimum Gasteiger partial charge on any atom is -0.496 e. The normalized spacial score (nSPS) is 23.2. The zero-order valence-electron chi connectivity index (χ0n) is 14.2. The van der Waals surface area contributed by atoms with Crippen molar-refractivity contribution in [3.8, 4) is 22.6 Å². The van der Waals surface area contributed by atoms with Gasteiger partial charge in [-0.2, -0.15) is 0 Å². The summed E-state index contributed by atoms with van der Waals surface area (Å²) in [4.78, 5) is 2.33. The number of halogens is 1. The zero-order chi connectivity index (χ0) is 17.4. The molecule has 0 amide bonds. The third kappa shape index (κ3) is 3.10. The highest BCUT2D eigenvalue weighted by atomic mass is 35.5. The first kappa shape index (κ1) is 16.7. The first-order chi connectivity index (χ1) is 12.2. The summed E-state index contributed by atoms with van der Waals surface area (Å²) < 4.78 is 11.5. The van der Waals surface area contributed by atoms with Gasteiger partial charge in [0.25, 0.3) is 0 Å². The van der Waals surface area contributed by atoms with Gasteiger partial charge >= 0.3 is 0 Å². The molecule has 1 fully saturated rings. The predicted molar refractivity (Wildman–Crippen MR) is 98.5 cm³/mol. The van der Waals surface area contributed by atoms with Crippen molar-refractivity contribution in [1.82, 2.24) is 4.90 Å². The van der Waals surface area contributed by atoms with E-state index in [2.05, 4.69) is 4.90 Å². The molecule has 4 nitrogen and oxygen atoms in total. The lowest BCUT2D eigenvalue weighted by Gasteiger charge is -2.36. The van der Waals surface area contributed by atoms with E-state index < -0.39 is 6.10 Å². The number of benzene rings is 2. The maximum absolute atomic E-state index is 10.8. The number of aliphatic hydroxyl groups excluding tert-OH is 1. The summed E-state index contributed by atoms with van der Waals surface area (Å²) in [6.07, 6.45) is 1.88. The smallest absolute Gasteiger partial charge is 0.126 e. The molecule has 0 saturated carbocycles. The Morgan fingerprint density at radius 1 is 1.16 bits per heavy atom. The van der Waals surface area contributed by atoms with Crippen LogP contribution in [-0.4, -0.2) is 42.9 Å². The van der Waals surface area contributed by atoms with Crippen LogP contribution in [0.5, 0.6) is 11.5 Å². The molecule has 1 saturated heterocycles. The lowest BCUT2D eigenvalue weighted by atomic mass is 9.94. The second-order valence-electron chi connectivity index (χ2n) is 6.66. The predicted octanol–water partition coefficient (Wildman–Crippen LogP) is 3.91. The molecule has 4 rings (SSSR count). The van der Waals surface area contributed by atoms with Crippen LogP contribution in [0.1, 0.15) is 24.5 Å².